The van der Waals surface area contributed by atoms with Crippen LogP contribution in [0.3, 0.4) is 0 Å². The third-order valence-electron chi connectivity index (χ3n) is 4.54. The third kappa shape index (κ3) is 5.28. The highest BCUT2D eigenvalue weighted by molar-refractivity contribution is 6.31. The zero-order valence-electron chi connectivity index (χ0n) is 17.1. The standard InChI is InChI=1S/C22H16ClF4N5O/c1-2-33-20-18-19(31-21(32-20)29-10-12-3-5-16(24)6-4-12)28-11-17(30-18)13-7-14(22(25,26)27)9-15(23)8-13/h3-9,11H,2,10H2,1H3,(H,28,29,31,32). The van der Waals surface area contributed by atoms with E-state index in [2.05, 4.69) is 25.3 Å². The van der Waals surface area contributed by atoms with Gasteiger partial charge in [0.25, 0.3) is 0 Å². The van der Waals surface area contributed by atoms with Crippen molar-refractivity contribution in [1.29, 1.82) is 0 Å². The van der Waals surface area contributed by atoms with Crippen molar-refractivity contribution < 1.29 is 22.3 Å². The summed E-state index contributed by atoms with van der Waals surface area (Å²) in [5, 5.41) is 2.93. The van der Waals surface area contributed by atoms with Gasteiger partial charge in [0.05, 0.1) is 24.1 Å². The number of hydrogen-bond acceptors (Lipinski definition) is 6. The Morgan fingerprint density at radius 2 is 1.79 bits per heavy atom. The lowest BCUT2D eigenvalue weighted by Gasteiger charge is -2.12. The van der Waals surface area contributed by atoms with Crippen LogP contribution in [0, 0.1) is 5.82 Å². The molecule has 0 bridgehead atoms. The molecule has 0 aliphatic carbocycles. The molecule has 0 unspecified atom stereocenters. The predicted octanol–water partition coefficient (Wildman–Crippen LogP) is 5.91. The van der Waals surface area contributed by atoms with E-state index in [4.69, 9.17) is 16.3 Å². The van der Waals surface area contributed by atoms with Crippen LogP contribution in [0.5, 0.6) is 5.88 Å². The number of halogens is 5. The zero-order chi connectivity index (χ0) is 23.6. The molecule has 0 amide bonds. The number of alkyl halides is 3. The van der Waals surface area contributed by atoms with Gasteiger partial charge in [-0.2, -0.15) is 23.1 Å². The average molecular weight is 478 g/mol. The number of aromatic nitrogens is 4. The van der Waals surface area contributed by atoms with Crippen LogP contribution in [0.1, 0.15) is 18.1 Å². The van der Waals surface area contributed by atoms with E-state index in [1.165, 1.54) is 24.4 Å². The largest absolute Gasteiger partial charge is 0.476 e. The first-order chi connectivity index (χ1) is 15.7. The molecule has 4 aromatic rings. The van der Waals surface area contributed by atoms with Gasteiger partial charge in [-0.25, -0.2) is 14.4 Å². The third-order valence-corrected chi connectivity index (χ3v) is 4.76. The van der Waals surface area contributed by atoms with Crippen molar-refractivity contribution in [2.75, 3.05) is 11.9 Å². The van der Waals surface area contributed by atoms with Crippen LogP contribution in [0.4, 0.5) is 23.5 Å². The molecule has 2 aromatic heterocycles. The molecule has 0 saturated carbocycles. The molecule has 1 N–H and O–H groups in total. The quantitative estimate of drug-likeness (QED) is 0.348. The summed E-state index contributed by atoms with van der Waals surface area (Å²) in [6.45, 7) is 2.35. The average Bonchev–Trinajstić information content (AvgIpc) is 2.77. The molecule has 0 radical (unpaired) electrons. The second-order valence-corrected chi connectivity index (χ2v) is 7.36. The number of benzene rings is 2. The minimum atomic E-state index is -4.56. The van der Waals surface area contributed by atoms with Gasteiger partial charge in [0.2, 0.25) is 11.8 Å². The van der Waals surface area contributed by atoms with Crippen LogP contribution in [0.15, 0.2) is 48.7 Å². The van der Waals surface area contributed by atoms with E-state index in [0.717, 1.165) is 17.7 Å². The second kappa shape index (κ2) is 9.14. The summed E-state index contributed by atoms with van der Waals surface area (Å²) in [4.78, 5) is 17.2. The van der Waals surface area contributed by atoms with Crippen molar-refractivity contribution in [1.82, 2.24) is 19.9 Å². The highest BCUT2D eigenvalue weighted by Crippen LogP contribution is 2.35. The smallest absolute Gasteiger partial charge is 0.416 e. The van der Waals surface area contributed by atoms with Crippen LogP contribution >= 0.6 is 11.6 Å². The van der Waals surface area contributed by atoms with Crippen LogP contribution in [-0.2, 0) is 12.7 Å². The number of ether oxygens (including phenoxy) is 1. The van der Waals surface area contributed by atoms with Gasteiger partial charge in [0.1, 0.15) is 5.82 Å². The molecule has 11 heteroatoms. The second-order valence-electron chi connectivity index (χ2n) is 6.92. The van der Waals surface area contributed by atoms with Gasteiger partial charge in [-0.1, -0.05) is 23.7 Å². The van der Waals surface area contributed by atoms with Crippen molar-refractivity contribution in [3.8, 4) is 17.1 Å². The SMILES string of the molecule is CCOc1nc(NCc2ccc(F)cc2)nc2ncc(-c3cc(Cl)cc(C(F)(F)F)c3)nc12. The molecular formula is C22H16ClF4N5O. The van der Waals surface area contributed by atoms with E-state index in [1.807, 2.05) is 0 Å². The van der Waals surface area contributed by atoms with Crippen molar-refractivity contribution in [2.24, 2.45) is 0 Å². The molecule has 6 nitrogen and oxygen atoms in total. The van der Waals surface area contributed by atoms with Crippen LogP contribution in [-0.4, -0.2) is 26.5 Å². The fourth-order valence-corrected chi connectivity index (χ4v) is 3.26. The molecular weight excluding hydrogens is 462 g/mol. The maximum atomic E-state index is 13.2. The fraction of sp³-hybridized carbons (Fsp3) is 0.182. The summed E-state index contributed by atoms with van der Waals surface area (Å²) in [6.07, 6.45) is -3.25. The highest BCUT2D eigenvalue weighted by Gasteiger charge is 2.31. The monoisotopic (exact) mass is 477 g/mol. The number of nitrogens with zero attached hydrogens (tertiary/aromatic N) is 4. The van der Waals surface area contributed by atoms with Crippen molar-refractivity contribution in [2.45, 2.75) is 19.6 Å². The van der Waals surface area contributed by atoms with E-state index >= 15 is 0 Å². The molecule has 170 valence electrons. The Labute approximate surface area is 190 Å². The Hall–Kier alpha value is -3.53. The first-order valence-corrected chi connectivity index (χ1v) is 10.1. The number of hydrogen-bond donors (Lipinski definition) is 1. The van der Waals surface area contributed by atoms with Crippen LogP contribution < -0.4 is 10.1 Å². The molecule has 0 spiro atoms. The number of anilines is 1. The van der Waals surface area contributed by atoms with E-state index in [9.17, 15) is 17.6 Å². The van der Waals surface area contributed by atoms with E-state index in [0.29, 0.717) is 6.54 Å². The van der Waals surface area contributed by atoms with Gasteiger partial charge in [-0.05, 0) is 42.8 Å². The van der Waals surface area contributed by atoms with E-state index < -0.39 is 11.7 Å². The summed E-state index contributed by atoms with van der Waals surface area (Å²) in [5.41, 5.74) is 0.596. The van der Waals surface area contributed by atoms with Crippen molar-refractivity contribution >= 4 is 28.7 Å². The molecule has 4 rings (SSSR count). The fourth-order valence-electron chi connectivity index (χ4n) is 3.02. The van der Waals surface area contributed by atoms with Gasteiger partial charge in [0, 0.05) is 17.1 Å². The first kappa shape index (κ1) is 22.7. The van der Waals surface area contributed by atoms with Gasteiger partial charge in [-0.3, -0.25) is 0 Å². The summed E-state index contributed by atoms with van der Waals surface area (Å²) < 4.78 is 58.2. The van der Waals surface area contributed by atoms with Crippen molar-refractivity contribution in [3.63, 3.8) is 0 Å². The lowest BCUT2D eigenvalue weighted by Crippen LogP contribution is -2.08. The first-order valence-electron chi connectivity index (χ1n) is 9.77. The van der Waals surface area contributed by atoms with Gasteiger partial charge >= 0.3 is 6.18 Å². The Morgan fingerprint density at radius 3 is 2.48 bits per heavy atom. The van der Waals surface area contributed by atoms with Gasteiger partial charge < -0.3 is 10.1 Å². The Balaban J connectivity index is 1.70. The summed E-state index contributed by atoms with van der Waals surface area (Å²) >= 11 is 5.89. The molecule has 2 heterocycles. The lowest BCUT2D eigenvalue weighted by atomic mass is 10.1. The predicted molar refractivity (Wildman–Crippen MR) is 115 cm³/mol. The lowest BCUT2D eigenvalue weighted by molar-refractivity contribution is -0.137. The summed E-state index contributed by atoms with van der Waals surface area (Å²) in [7, 11) is 0. The van der Waals surface area contributed by atoms with Gasteiger partial charge in [-0.15, -0.1) is 0 Å². The normalized spacial score (nSPS) is 11.6. The Kier molecular flexibility index (Phi) is 6.28. The molecule has 0 fully saturated rings. The molecule has 0 atom stereocenters. The molecule has 0 aliphatic heterocycles. The van der Waals surface area contributed by atoms with Gasteiger partial charge in [0.15, 0.2) is 11.2 Å². The van der Waals surface area contributed by atoms with E-state index in [-0.39, 0.29) is 51.7 Å². The van der Waals surface area contributed by atoms with Crippen molar-refractivity contribution in [3.05, 3.63) is 70.6 Å². The summed E-state index contributed by atoms with van der Waals surface area (Å²) in [5.74, 6) is -0.0107. The maximum Gasteiger partial charge on any atom is 0.416 e. The topological polar surface area (TPSA) is 72.8 Å². The van der Waals surface area contributed by atoms with Crippen LogP contribution in [0.2, 0.25) is 5.02 Å². The molecule has 0 aliphatic rings. The number of nitrogens with one attached hydrogen (secondary N) is 1. The Morgan fingerprint density at radius 1 is 1.03 bits per heavy atom. The summed E-state index contributed by atoms with van der Waals surface area (Å²) in [6, 6.07) is 9.09. The Bertz CT molecular complexity index is 1300. The number of rotatable bonds is 6. The minimum Gasteiger partial charge on any atom is -0.476 e. The zero-order valence-corrected chi connectivity index (χ0v) is 17.9. The molecule has 0 saturated heterocycles. The van der Waals surface area contributed by atoms with Crippen LogP contribution in [0.25, 0.3) is 22.4 Å². The highest BCUT2D eigenvalue weighted by atomic mass is 35.5. The molecule has 2 aromatic carbocycles. The minimum absolute atomic E-state index is 0.0802. The van der Waals surface area contributed by atoms with E-state index in [1.54, 1.807) is 19.1 Å². The number of fused-ring (bicyclic) bond motifs is 1. The molecule has 33 heavy (non-hydrogen) atoms. The maximum absolute atomic E-state index is 13.2.